The average Bonchev–Trinajstić information content (AvgIpc) is 2.60. The lowest BCUT2D eigenvalue weighted by molar-refractivity contribution is -0.124. The van der Waals surface area contributed by atoms with Crippen molar-refractivity contribution >= 4 is 11.9 Å². The van der Waals surface area contributed by atoms with E-state index in [1.807, 2.05) is 0 Å². The van der Waals surface area contributed by atoms with Crippen molar-refractivity contribution in [2.24, 2.45) is 0 Å². The fourth-order valence-corrected chi connectivity index (χ4v) is 2.69. The van der Waals surface area contributed by atoms with Crippen LogP contribution in [0.3, 0.4) is 0 Å². The van der Waals surface area contributed by atoms with Gasteiger partial charge in [-0.15, -0.1) is 0 Å². The van der Waals surface area contributed by atoms with Crippen LogP contribution in [0.1, 0.15) is 42.5 Å². The molecule has 0 radical (unpaired) electrons. The Labute approximate surface area is 136 Å². The standard InChI is InChI=1S/C17H23NO5/c1-21-15-10-12(17(20)22-2)8-9-14(15)23-11-16(19)18-13-6-4-3-5-7-13/h8-10,13H,3-7,11H2,1-2H3,(H,18,19). The maximum atomic E-state index is 12.0. The van der Waals surface area contributed by atoms with Gasteiger partial charge in [0.25, 0.3) is 5.91 Å². The lowest BCUT2D eigenvalue weighted by Gasteiger charge is -2.22. The molecule has 6 nitrogen and oxygen atoms in total. The van der Waals surface area contributed by atoms with Crippen molar-refractivity contribution in [1.82, 2.24) is 5.32 Å². The molecule has 0 heterocycles. The monoisotopic (exact) mass is 321 g/mol. The minimum absolute atomic E-state index is 0.0789. The number of rotatable bonds is 6. The molecule has 1 aromatic rings. The van der Waals surface area contributed by atoms with Gasteiger partial charge in [-0.25, -0.2) is 4.79 Å². The quantitative estimate of drug-likeness (QED) is 0.814. The van der Waals surface area contributed by atoms with Gasteiger partial charge >= 0.3 is 5.97 Å². The van der Waals surface area contributed by atoms with E-state index in [1.165, 1.54) is 26.7 Å². The highest BCUT2D eigenvalue weighted by atomic mass is 16.5. The van der Waals surface area contributed by atoms with E-state index in [2.05, 4.69) is 10.1 Å². The number of esters is 1. The Hall–Kier alpha value is -2.24. The third-order valence-electron chi connectivity index (χ3n) is 3.91. The van der Waals surface area contributed by atoms with Crippen molar-refractivity contribution in [1.29, 1.82) is 0 Å². The van der Waals surface area contributed by atoms with Gasteiger partial charge in [0.1, 0.15) is 0 Å². The van der Waals surface area contributed by atoms with Crippen LogP contribution >= 0.6 is 0 Å². The van der Waals surface area contributed by atoms with Crippen LogP contribution in [0.5, 0.6) is 11.5 Å². The van der Waals surface area contributed by atoms with Gasteiger partial charge in [0.05, 0.1) is 19.8 Å². The minimum atomic E-state index is -0.454. The van der Waals surface area contributed by atoms with E-state index in [0.717, 1.165) is 25.7 Å². The number of carbonyl (C=O) groups is 2. The molecule has 126 valence electrons. The van der Waals surface area contributed by atoms with Crippen LogP contribution in [0.15, 0.2) is 18.2 Å². The van der Waals surface area contributed by atoms with E-state index in [1.54, 1.807) is 12.1 Å². The zero-order chi connectivity index (χ0) is 16.7. The molecule has 1 amide bonds. The van der Waals surface area contributed by atoms with Gasteiger partial charge in [0, 0.05) is 6.04 Å². The van der Waals surface area contributed by atoms with Crippen LogP contribution < -0.4 is 14.8 Å². The van der Waals surface area contributed by atoms with Crippen LogP contribution in [0.2, 0.25) is 0 Å². The Morgan fingerprint density at radius 3 is 2.52 bits per heavy atom. The molecule has 0 aliphatic heterocycles. The Kier molecular flexibility index (Phi) is 6.26. The summed E-state index contributed by atoms with van der Waals surface area (Å²) in [5.41, 5.74) is 0.364. The molecule has 0 atom stereocenters. The van der Waals surface area contributed by atoms with Crippen molar-refractivity contribution in [2.75, 3.05) is 20.8 Å². The zero-order valence-electron chi connectivity index (χ0n) is 13.6. The molecule has 23 heavy (non-hydrogen) atoms. The number of hydrogen-bond acceptors (Lipinski definition) is 5. The summed E-state index contributed by atoms with van der Waals surface area (Å²) >= 11 is 0. The molecular formula is C17H23NO5. The fourth-order valence-electron chi connectivity index (χ4n) is 2.69. The molecule has 2 rings (SSSR count). The summed E-state index contributed by atoms with van der Waals surface area (Å²) in [6.07, 6.45) is 5.63. The van der Waals surface area contributed by atoms with Crippen molar-refractivity contribution in [2.45, 2.75) is 38.1 Å². The molecule has 1 aliphatic carbocycles. The number of nitrogens with one attached hydrogen (secondary N) is 1. The van der Waals surface area contributed by atoms with Crippen molar-refractivity contribution < 1.29 is 23.8 Å². The van der Waals surface area contributed by atoms with Gasteiger partial charge in [0.2, 0.25) is 0 Å². The third kappa shape index (κ3) is 4.87. The van der Waals surface area contributed by atoms with Gasteiger partial charge in [-0.3, -0.25) is 4.79 Å². The number of ether oxygens (including phenoxy) is 3. The predicted molar refractivity (Wildman–Crippen MR) is 84.8 cm³/mol. The molecule has 0 unspecified atom stereocenters. The maximum Gasteiger partial charge on any atom is 0.337 e. The fraction of sp³-hybridized carbons (Fsp3) is 0.529. The molecular weight excluding hydrogens is 298 g/mol. The van der Waals surface area contributed by atoms with E-state index < -0.39 is 5.97 Å². The van der Waals surface area contributed by atoms with Gasteiger partial charge in [-0.05, 0) is 31.0 Å². The number of amides is 1. The molecule has 1 N–H and O–H groups in total. The second-order valence-corrected chi connectivity index (χ2v) is 5.55. The first-order valence-electron chi connectivity index (χ1n) is 7.82. The Balaban J connectivity index is 1.91. The van der Waals surface area contributed by atoms with Crippen LogP contribution in [-0.4, -0.2) is 38.7 Å². The second-order valence-electron chi connectivity index (χ2n) is 5.55. The zero-order valence-corrected chi connectivity index (χ0v) is 13.6. The van der Waals surface area contributed by atoms with Gasteiger partial charge in [0.15, 0.2) is 18.1 Å². The van der Waals surface area contributed by atoms with E-state index in [9.17, 15) is 9.59 Å². The van der Waals surface area contributed by atoms with E-state index in [-0.39, 0.29) is 18.6 Å². The lowest BCUT2D eigenvalue weighted by atomic mass is 9.95. The summed E-state index contributed by atoms with van der Waals surface area (Å²) in [6.45, 7) is -0.0789. The van der Waals surface area contributed by atoms with Gasteiger partial charge in [-0.1, -0.05) is 19.3 Å². The summed E-state index contributed by atoms with van der Waals surface area (Å²) in [6, 6.07) is 4.95. The number of methoxy groups -OCH3 is 2. The Morgan fingerprint density at radius 2 is 1.87 bits per heavy atom. The highest BCUT2D eigenvalue weighted by Gasteiger charge is 2.17. The number of hydrogen-bond donors (Lipinski definition) is 1. The lowest BCUT2D eigenvalue weighted by Crippen LogP contribution is -2.39. The molecule has 1 aromatic carbocycles. The number of benzene rings is 1. The third-order valence-corrected chi connectivity index (χ3v) is 3.91. The maximum absolute atomic E-state index is 12.0. The first-order valence-corrected chi connectivity index (χ1v) is 7.82. The van der Waals surface area contributed by atoms with E-state index in [0.29, 0.717) is 17.1 Å². The first kappa shape index (κ1) is 17.1. The Bertz CT molecular complexity index is 552. The van der Waals surface area contributed by atoms with Crippen molar-refractivity contribution in [3.05, 3.63) is 23.8 Å². The molecule has 0 saturated heterocycles. The number of carbonyl (C=O) groups excluding carboxylic acids is 2. The predicted octanol–water partition coefficient (Wildman–Crippen LogP) is 2.31. The van der Waals surface area contributed by atoms with Crippen LogP contribution in [0.4, 0.5) is 0 Å². The topological polar surface area (TPSA) is 73.9 Å². The van der Waals surface area contributed by atoms with Crippen molar-refractivity contribution in [3.8, 4) is 11.5 Å². The van der Waals surface area contributed by atoms with Gasteiger partial charge in [-0.2, -0.15) is 0 Å². The summed E-state index contributed by atoms with van der Waals surface area (Å²) in [5.74, 6) is 0.207. The summed E-state index contributed by atoms with van der Waals surface area (Å²) in [7, 11) is 2.79. The van der Waals surface area contributed by atoms with Crippen LogP contribution in [-0.2, 0) is 9.53 Å². The molecule has 1 aliphatic rings. The molecule has 1 saturated carbocycles. The van der Waals surface area contributed by atoms with E-state index >= 15 is 0 Å². The van der Waals surface area contributed by atoms with Gasteiger partial charge < -0.3 is 19.5 Å². The van der Waals surface area contributed by atoms with E-state index in [4.69, 9.17) is 9.47 Å². The normalized spacial score (nSPS) is 14.9. The van der Waals surface area contributed by atoms with Crippen LogP contribution in [0.25, 0.3) is 0 Å². The summed E-state index contributed by atoms with van der Waals surface area (Å²) in [5, 5.41) is 2.99. The van der Waals surface area contributed by atoms with Crippen LogP contribution in [0, 0.1) is 0 Å². The largest absolute Gasteiger partial charge is 0.493 e. The highest BCUT2D eigenvalue weighted by molar-refractivity contribution is 5.90. The molecule has 6 heteroatoms. The molecule has 0 spiro atoms. The summed E-state index contributed by atoms with van der Waals surface area (Å²) < 4.78 is 15.4. The molecule has 1 fully saturated rings. The smallest absolute Gasteiger partial charge is 0.337 e. The van der Waals surface area contributed by atoms with Crippen molar-refractivity contribution in [3.63, 3.8) is 0 Å². The summed E-state index contributed by atoms with van der Waals surface area (Å²) in [4.78, 5) is 23.5. The SMILES string of the molecule is COC(=O)c1ccc(OCC(=O)NC2CCCCC2)c(OC)c1. The average molecular weight is 321 g/mol. The molecule has 0 aromatic heterocycles. The highest BCUT2D eigenvalue weighted by Crippen LogP contribution is 2.28. The first-order chi connectivity index (χ1) is 11.1. The molecule has 0 bridgehead atoms. The minimum Gasteiger partial charge on any atom is -0.493 e. The second kappa shape index (κ2) is 8.41. The Morgan fingerprint density at radius 1 is 1.13 bits per heavy atom.